The summed E-state index contributed by atoms with van der Waals surface area (Å²) in [5.74, 6) is 0.0684. The van der Waals surface area contributed by atoms with Crippen LogP contribution in [0.4, 0.5) is 0 Å². The van der Waals surface area contributed by atoms with Gasteiger partial charge in [0, 0.05) is 36.9 Å². The van der Waals surface area contributed by atoms with Crippen LogP contribution < -0.4 is 0 Å². The molecular formula is C21H23ClN4O. The lowest BCUT2D eigenvalue weighted by atomic mass is 10.2. The van der Waals surface area contributed by atoms with Gasteiger partial charge >= 0.3 is 0 Å². The normalized spacial score (nSPS) is 11.0. The zero-order valence-electron chi connectivity index (χ0n) is 15.5. The highest BCUT2D eigenvalue weighted by molar-refractivity contribution is 6.30. The number of hydrogen-bond acceptors (Lipinski definition) is 3. The number of likely N-dealkylation sites (N-methyl/N-ethyl adjacent to an activating group) is 2. The zero-order chi connectivity index (χ0) is 19.2. The van der Waals surface area contributed by atoms with Gasteiger partial charge in [0.2, 0.25) is 5.91 Å². The fourth-order valence-corrected chi connectivity index (χ4v) is 2.96. The SMILES string of the molecule is CN(CC(=O)N(C)Cc1cnn(-c2ccccc2)c1)Cc1ccc(Cl)cc1. The van der Waals surface area contributed by atoms with Gasteiger partial charge in [0.05, 0.1) is 18.4 Å². The molecule has 0 radical (unpaired) electrons. The Bertz CT molecular complexity index is 877. The van der Waals surface area contributed by atoms with Crippen molar-refractivity contribution >= 4 is 17.5 Å². The smallest absolute Gasteiger partial charge is 0.236 e. The maximum absolute atomic E-state index is 12.5. The number of carbonyl (C=O) groups excluding carboxylic acids is 1. The Labute approximate surface area is 164 Å². The first-order chi connectivity index (χ1) is 13.0. The van der Waals surface area contributed by atoms with Gasteiger partial charge in [0.1, 0.15) is 0 Å². The number of para-hydroxylation sites is 1. The van der Waals surface area contributed by atoms with E-state index in [1.807, 2.05) is 84.5 Å². The number of halogens is 1. The van der Waals surface area contributed by atoms with Crippen molar-refractivity contribution in [3.8, 4) is 5.69 Å². The minimum absolute atomic E-state index is 0.0684. The standard InChI is InChI=1S/C21H23ClN4O/c1-24(13-17-8-10-19(22)11-9-17)16-21(27)25(2)14-18-12-23-26(15-18)20-6-4-3-5-7-20/h3-12,15H,13-14,16H2,1-2H3. The molecule has 0 saturated heterocycles. The highest BCUT2D eigenvalue weighted by Gasteiger charge is 2.13. The van der Waals surface area contributed by atoms with Crippen molar-refractivity contribution in [2.45, 2.75) is 13.1 Å². The number of benzene rings is 2. The molecule has 0 N–H and O–H groups in total. The fraction of sp³-hybridized carbons (Fsp3) is 0.238. The molecule has 27 heavy (non-hydrogen) atoms. The molecule has 1 heterocycles. The molecule has 0 aliphatic carbocycles. The third-order valence-corrected chi connectivity index (χ3v) is 4.53. The quantitative estimate of drug-likeness (QED) is 0.626. The van der Waals surface area contributed by atoms with E-state index in [0.717, 1.165) is 16.8 Å². The lowest BCUT2D eigenvalue weighted by Gasteiger charge is -2.21. The first-order valence-electron chi connectivity index (χ1n) is 8.77. The molecule has 3 aromatic rings. The highest BCUT2D eigenvalue weighted by Crippen LogP contribution is 2.12. The molecule has 1 amide bonds. The van der Waals surface area contributed by atoms with Crippen LogP contribution in [0.5, 0.6) is 0 Å². The molecule has 140 valence electrons. The molecule has 0 atom stereocenters. The van der Waals surface area contributed by atoms with Gasteiger partial charge in [0.15, 0.2) is 0 Å². The summed E-state index contributed by atoms with van der Waals surface area (Å²) >= 11 is 5.91. The molecule has 0 spiro atoms. The third kappa shape index (κ3) is 5.42. The van der Waals surface area contributed by atoms with E-state index in [9.17, 15) is 4.79 Å². The minimum atomic E-state index is 0.0684. The number of aromatic nitrogens is 2. The van der Waals surface area contributed by atoms with Gasteiger partial charge in [0.25, 0.3) is 0 Å². The van der Waals surface area contributed by atoms with Gasteiger partial charge in [-0.25, -0.2) is 4.68 Å². The van der Waals surface area contributed by atoms with Crippen LogP contribution in [0.1, 0.15) is 11.1 Å². The summed E-state index contributed by atoms with van der Waals surface area (Å²) in [4.78, 5) is 16.2. The Balaban J connectivity index is 1.53. The van der Waals surface area contributed by atoms with Gasteiger partial charge in [-0.05, 0) is 36.9 Å². The van der Waals surface area contributed by atoms with Gasteiger partial charge in [-0.15, -0.1) is 0 Å². The van der Waals surface area contributed by atoms with Crippen molar-refractivity contribution in [1.29, 1.82) is 0 Å². The maximum Gasteiger partial charge on any atom is 0.236 e. The van der Waals surface area contributed by atoms with Crippen molar-refractivity contribution in [2.75, 3.05) is 20.6 Å². The highest BCUT2D eigenvalue weighted by atomic mass is 35.5. The predicted octanol–water partition coefficient (Wildman–Crippen LogP) is 3.62. The lowest BCUT2D eigenvalue weighted by Crippen LogP contribution is -2.35. The Morgan fingerprint density at radius 3 is 2.41 bits per heavy atom. The molecule has 2 aromatic carbocycles. The Morgan fingerprint density at radius 1 is 1.00 bits per heavy atom. The van der Waals surface area contributed by atoms with Gasteiger partial charge < -0.3 is 4.90 Å². The lowest BCUT2D eigenvalue weighted by molar-refractivity contribution is -0.131. The maximum atomic E-state index is 12.5. The number of carbonyl (C=O) groups is 1. The first kappa shape index (κ1) is 19.1. The molecule has 1 aromatic heterocycles. The average molecular weight is 383 g/mol. The molecule has 3 rings (SSSR count). The fourth-order valence-electron chi connectivity index (χ4n) is 2.83. The summed E-state index contributed by atoms with van der Waals surface area (Å²) < 4.78 is 1.82. The molecule has 0 bridgehead atoms. The summed E-state index contributed by atoms with van der Waals surface area (Å²) in [5.41, 5.74) is 3.12. The van der Waals surface area contributed by atoms with Crippen molar-refractivity contribution < 1.29 is 4.79 Å². The van der Waals surface area contributed by atoms with E-state index < -0.39 is 0 Å². The summed E-state index contributed by atoms with van der Waals surface area (Å²) in [7, 11) is 3.76. The van der Waals surface area contributed by atoms with E-state index in [2.05, 4.69) is 5.10 Å². The topological polar surface area (TPSA) is 41.4 Å². The van der Waals surface area contributed by atoms with Crippen LogP contribution in [0, 0.1) is 0 Å². The third-order valence-electron chi connectivity index (χ3n) is 4.27. The van der Waals surface area contributed by atoms with Crippen molar-refractivity contribution in [3.05, 3.63) is 83.1 Å². The van der Waals surface area contributed by atoms with Gasteiger partial charge in [-0.3, -0.25) is 9.69 Å². The van der Waals surface area contributed by atoms with E-state index >= 15 is 0 Å². The van der Waals surface area contributed by atoms with E-state index in [1.54, 1.807) is 11.1 Å². The molecule has 6 heteroatoms. The molecule has 0 unspecified atom stereocenters. The summed E-state index contributed by atoms with van der Waals surface area (Å²) in [6, 6.07) is 17.6. The number of hydrogen-bond donors (Lipinski definition) is 0. The van der Waals surface area contributed by atoms with Crippen molar-refractivity contribution in [3.63, 3.8) is 0 Å². The first-order valence-corrected chi connectivity index (χ1v) is 9.15. The largest absolute Gasteiger partial charge is 0.340 e. The second-order valence-electron chi connectivity index (χ2n) is 6.68. The van der Waals surface area contributed by atoms with Crippen LogP contribution in [0.15, 0.2) is 67.0 Å². The second-order valence-corrected chi connectivity index (χ2v) is 7.11. The summed E-state index contributed by atoms with van der Waals surface area (Å²) in [5, 5.41) is 5.10. The molecule has 0 fully saturated rings. The molecule has 0 saturated carbocycles. The number of nitrogens with zero attached hydrogens (tertiary/aromatic N) is 4. The number of rotatable bonds is 7. The molecule has 5 nitrogen and oxygen atoms in total. The number of amides is 1. The van der Waals surface area contributed by atoms with E-state index in [4.69, 9.17) is 11.6 Å². The monoisotopic (exact) mass is 382 g/mol. The van der Waals surface area contributed by atoms with E-state index in [0.29, 0.717) is 24.7 Å². The van der Waals surface area contributed by atoms with Gasteiger partial charge in [-0.1, -0.05) is 41.9 Å². The van der Waals surface area contributed by atoms with E-state index in [1.165, 1.54) is 0 Å². The van der Waals surface area contributed by atoms with Crippen LogP contribution in [-0.4, -0.2) is 46.1 Å². The predicted molar refractivity (Wildman–Crippen MR) is 108 cm³/mol. The Hall–Kier alpha value is -2.63. The minimum Gasteiger partial charge on any atom is -0.340 e. The van der Waals surface area contributed by atoms with Crippen LogP contribution in [0.3, 0.4) is 0 Å². The van der Waals surface area contributed by atoms with Crippen LogP contribution in [-0.2, 0) is 17.9 Å². The Morgan fingerprint density at radius 2 is 1.70 bits per heavy atom. The molecule has 0 aliphatic heterocycles. The second kappa shape index (κ2) is 8.84. The zero-order valence-corrected chi connectivity index (χ0v) is 16.3. The van der Waals surface area contributed by atoms with Crippen molar-refractivity contribution in [1.82, 2.24) is 19.6 Å². The molecule has 0 aliphatic rings. The Kier molecular flexibility index (Phi) is 6.27. The van der Waals surface area contributed by atoms with Crippen molar-refractivity contribution in [2.24, 2.45) is 0 Å². The van der Waals surface area contributed by atoms with Crippen LogP contribution >= 0.6 is 11.6 Å². The molecular weight excluding hydrogens is 360 g/mol. The average Bonchev–Trinajstić information content (AvgIpc) is 3.12. The van der Waals surface area contributed by atoms with E-state index in [-0.39, 0.29) is 5.91 Å². The summed E-state index contributed by atoms with van der Waals surface area (Å²) in [6.45, 7) is 1.58. The van der Waals surface area contributed by atoms with Crippen LogP contribution in [0.2, 0.25) is 5.02 Å². The summed E-state index contributed by atoms with van der Waals surface area (Å²) in [6.07, 6.45) is 3.75. The van der Waals surface area contributed by atoms with Crippen LogP contribution in [0.25, 0.3) is 5.69 Å². The van der Waals surface area contributed by atoms with Gasteiger partial charge in [-0.2, -0.15) is 5.10 Å².